The topological polar surface area (TPSA) is 91.4 Å². The van der Waals surface area contributed by atoms with E-state index in [0.29, 0.717) is 17.8 Å². The third-order valence-electron chi connectivity index (χ3n) is 3.80. The lowest BCUT2D eigenvalue weighted by Gasteiger charge is -2.10. The zero-order chi connectivity index (χ0) is 20.7. The second kappa shape index (κ2) is 9.92. The first-order valence-corrected chi connectivity index (χ1v) is 10.4. The fraction of sp³-hybridized carbons (Fsp3) is 0.333. The number of benzene rings is 1. The smallest absolute Gasteiger partial charge is 0.252 e. The molecule has 0 aliphatic rings. The van der Waals surface area contributed by atoms with Gasteiger partial charge in [-0.25, -0.2) is 17.5 Å². The predicted molar refractivity (Wildman–Crippen MR) is 105 cm³/mol. The molecule has 10 heteroatoms. The molecule has 1 amide bonds. The highest BCUT2D eigenvalue weighted by Gasteiger charge is 2.16. The predicted octanol–water partition coefficient (Wildman–Crippen LogP) is 2.03. The van der Waals surface area contributed by atoms with Crippen molar-refractivity contribution in [2.24, 2.45) is 0 Å². The molecule has 1 heterocycles. The second-order valence-electron chi connectivity index (χ2n) is 6.35. The number of rotatable bonds is 9. The normalized spacial score (nSPS) is 11.6. The summed E-state index contributed by atoms with van der Waals surface area (Å²) in [5, 5.41) is 2.53. The van der Waals surface area contributed by atoms with E-state index >= 15 is 0 Å². The van der Waals surface area contributed by atoms with E-state index in [9.17, 15) is 17.6 Å². The van der Waals surface area contributed by atoms with Gasteiger partial charge in [0.05, 0.1) is 27.7 Å². The number of hydrogen-bond donors (Lipinski definition) is 2. The van der Waals surface area contributed by atoms with Crippen LogP contribution in [-0.4, -0.2) is 51.4 Å². The lowest BCUT2D eigenvalue weighted by Crippen LogP contribution is -2.27. The highest BCUT2D eigenvalue weighted by molar-refractivity contribution is 7.89. The maximum atomic E-state index is 13.2. The van der Waals surface area contributed by atoms with Crippen molar-refractivity contribution in [1.29, 1.82) is 0 Å². The summed E-state index contributed by atoms with van der Waals surface area (Å²) in [6.45, 7) is 1.34. The van der Waals surface area contributed by atoms with Crippen LogP contribution in [0.5, 0.6) is 0 Å². The first-order chi connectivity index (χ1) is 13.2. The highest BCUT2D eigenvalue weighted by Crippen LogP contribution is 2.19. The van der Waals surface area contributed by atoms with Crippen LogP contribution >= 0.6 is 11.6 Å². The van der Waals surface area contributed by atoms with E-state index in [-0.39, 0.29) is 22.4 Å². The average molecular weight is 429 g/mol. The molecule has 0 saturated heterocycles. The molecule has 0 unspecified atom stereocenters. The van der Waals surface area contributed by atoms with Crippen molar-refractivity contribution in [2.45, 2.75) is 17.9 Å². The minimum Gasteiger partial charge on any atom is -0.352 e. The van der Waals surface area contributed by atoms with Crippen molar-refractivity contribution in [1.82, 2.24) is 19.9 Å². The van der Waals surface area contributed by atoms with Crippen molar-refractivity contribution < 1.29 is 17.6 Å². The SMILES string of the molecule is CN(C)CCCNC(=O)c1ccc(CNS(=O)(=O)c2ccc(F)c(Cl)c2)nc1. The molecule has 0 bridgehead atoms. The van der Waals surface area contributed by atoms with Crippen LogP contribution in [0.4, 0.5) is 4.39 Å². The molecule has 0 saturated carbocycles. The van der Waals surface area contributed by atoms with Crippen molar-refractivity contribution in [3.63, 3.8) is 0 Å². The number of carbonyl (C=O) groups excluding carboxylic acids is 1. The number of amides is 1. The van der Waals surface area contributed by atoms with E-state index in [1.54, 1.807) is 12.1 Å². The van der Waals surface area contributed by atoms with E-state index in [4.69, 9.17) is 11.6 Å². The third-order valence-corrected chi connectivity index (χ3v) is 5.49. The molecule has 2 aromatic rings. The summed E-state index contributed by atoms with van der Waals surface area (Å²) in [5.41, 5.74) is 0.822. The highest BCUT2D eigenvalue weighted by atomic mass is 35.5. The van der Waals surface area contributed by atoms with Gasteiger partial charge in [0, 0.05) is 12.7 Å². The summed E-state index contributed by atoms with van der Waals surface area (Å²) < 4.78 is 40.0. The zero-order valence-corrected chi connectivity index (χ0v) is 17.1. The summed E-state index contributed by atoms with van der Waals surface area (Å²) in [6.07, 6.45) is 2.22. The molecule has 0 aliphatic heterocycles. The first-order valence-electron chi connectivity index (χ1n) is 8.51. The van der Waals surface area contributed by atoms with E-state index in [2.05, 4.69) is 15.0 Å². The zero-order valence-electron chi connectivity index (χ0n) is 15.6. The Labute approximate surface area is 169 Å². The van der Waals surface area contributed by atoms with Crippen molar-refractivity contribution in [2.75, 3.05) is 27.2 Å². The van der Waals surface area contributed by atoms with Crippen molar-refractivity contribution in [3.8, 4) is 0 Å². The number of halogens is 2. The summed E-state index contributed by atoms with van der Waals surface area (Å²) in [7, 11) is 0.0528. The largest absolute Gasteiger partial charge is 0.352 e. The van der Waals surface area contributed by atoms with Crippen LogP contribution in [0.2, 0.25) is 5.02 Å². The maximum Gasteiger partial charge on any atom is 0.252 e. The molecule has 0 aliphatic carbocycles. The number of nitrogens with one attached hydrogen (secondary N) is 2. The van der Waals surface area contributed by atoms with Gasteiger partial charge in [-0.2, -0.15) is 0 Å². The molecule has 0 atom stereocenters. The summed E-state index contributed by atoms with van der Waals surface area (Å²) in [5.74, 6) is -0.933. The Balaban J connectivity index is 1.91. The number of pyridine rings is 1. The number of nitrogens with zero attached hydrogens (tertiary/aromatic N) is 2. The molecule has 0 spiro atoms. The number of hydrogen-bond acceptors (Lipinski definition) is 5. The lowest BCUT2D eigenvalue weighted by atomic mass is 10.2. The Morgan fingerprint density at radius 2 is 2.00 bits per heavy atom. The van der Waals surface area contributed by atoms with Crippen LogP contribution in [0, 0.1) is 5.82 Å². The van der Waals surface area contributed by atoms with Gasteiger partial charge in [-0.15, -0.1) is 0 Å². The summed E-state index contributed by atoms with van der Waals surface area (Å²) in [6, 6.07) is 6.29. The Bertz CT molecular complexity index is 921. The number of carbonyl (C=O) groups is 1. The fourth-order valence-electron chi connectivity index (χ4n) is 2.26. The van der Waals surface area contributed by atoms with Crippen LogP contribution in [0.3, 0.4) is 0 Å². The van der Waals surface area contributed by atoms with Gasteiger partial charge >= 0.3 is 0 Å². The second-order valence-corrected chi connectivity index (χ2v) is 8.53. The van der Waals surface area contributed by atoms with E-state index in [0.717, 1.165) is 31.2 Å². The van der Waals surface area contributed by atoms with Gasteiger partial charge in [-0.05, 0) is 57.4 Å². The van der Waals surface area contributed by atoms with Gasteiger partial charge in [-0.1, -0.05) is 11.6 Å². The molecule has 28 heavy (non-hydrogen) atoms. The van der Waals surface area contributed by atoms with Gasteiger partial charge in [0.1, 0.15) is 5.82 Å². The molecule has 2 N–H and O–H groups in total. The number of sulfonamides is 1. The molecule has 1 aromatic carbocycles. The summed E-state index contributed by atoms with van der Waals surface area (Å²) in [4.78, 5) is 18.0. The molecular formula is C18H22ClFN4O3S. The van der Waals surface area contributed by atoms with E-state index in [1.807, 2.05) is 19.0 Å². The van der Waals surface area contributed by atoms with Crippen molar-refractivity contribution >= 4 is 27.5 Å². The van der Waals surface area contributed by atoms with Crippen LogP contribution in [0.25, 0.3) is 0 Å². The lowest BCUT2D eigenvalue weighted by molar-refractivity contribution is 0.0952. The quantitative estimate of drug-likeness (QED) is 0.596. The van der Waals surface area contributed by atoms with Gasteiger partial charge in [0.15, 0.2) is 0 Å². The molecule has 2 rings (SSSR count). The van der Waals surface area contributed by atoms with Crippen LogP contribution < -0.4 is 10.0 Å². The molecule has 0 fully saturated rings. The van der Waals surface area contributed by atoms with Gasteiger partial charge in [-0.3, -0.25) is 9.78 Å². The third kappa shape index (κ3) is 6.52. The fourth-order valence-corrected chi connectivity index (χ4v) is 3.53. The standard InChI is InChI=1S/C18H22ClFN4O3S/c1-24(2)9-3-8-21-18(25)13-4-5-14(22-11-13)12-23-28(26,27)15-6-7-17(20)16(19)10-15/h4-7,10-11,23H,3,8-9,12H2,1-2H3,(H,21,25). The van der Waals surface area contributed by atoms with Gasteiger partial charge < -0.3 is 10.2 Å². The van der Waals surface area contributed by atoms with Gasteiger partial charge in [0.2, 0.25) is 10.0 Å². The molecule has 1 aromatic heterocycles. The minimum absolute atomic E-state index is 0.0813. The first kappa shape index (κ1) is 22.2. The van der Waals surface area contributed by atoms with Crippen LogP contribution in [0.1, 0.15) is 22.5 Å². The minimum atomic E-state index is -3.87. The van der Waals surface area contributed by atoms with Crippen LogP contribution in [-0.2, 0) is 16.6 Å². The van der Waals surface area contributed by atoms with Crippen molar-refractivity contribution in [3.05, 3.63) is 58.6 Å². The average Bonchev–Trinajstić information content (AvgIpc) is 2.66. The molecule has 0 radical (unpaired) electrons. The summed E-state index contributed by atoms with van der Waals surface area (Å²) >= 11 is 5.63. The Morgan fingerprint density at radius 3 is 2.61 bits per heavy atom. The molecule has 7 nitrogen and oxygen atoms in total. The van der Waals surface area contributed by atoms with Crippen LogP contribution in [0.15, 0.2) is 41.4 Å². The Hall–Kier alpha value is -2.07. The van der Waals surface area contributed by atoms with E-state index in [1.165, 1.54) is 6.20 Å². The Kier molecular flexibility index (Phi) is 7.88. The molecular weight excluding hydrogens is 407 g/mol. The number of aromatic nitrogens is 1. The monoisotopic (exact) mass is 428 g/mol. The van der Waals surface area contributed by atoms with E-state index < -0.39 is 15.8 Å². The maximum absolute atomic E-state index is 13.2. The molecule has 152 valence electrons. The Morgan fingerprint density at radius 1 is 1.25 bits per heavy atom. The van der Waals surface area contributed by atoms with Gasteiger partial charge in [0.25, 0.3) is 5.91 Å².